The van der Waals surface area contributed by atoms with Crippen molar-refractivity contribution in [1.29, 1.82) is 0 Å². The Bertz CT molecular complexity index is 243. The summed E-state index contributed by atoms with van der Waals surface area (Å²) in [5, 5.41) is 0. The van der Waals surface area contributed by atoms with E-state index in [9.17, 15) is 9.59 Å². The Morgan fingerprint density at radius 2 is 2.07 bits per heavy atom. The van der Waals surface area contributed by atoms with Gasteiger partial charge >= 0.3 is 6.03 Å². The zero-order valence-electron chi connectivity index (χ0n) is 9.36. The lowest BCUT2D eigenvalue weighted by Gasteiger charge is -2.16. The highest BCUT2D eigenvalue weighted by atomic mass is 16.5. The van der Waals surface area contributed by atoms with Crippen molar-refractivity contribution in [3.63, 3.8) is 0 Å². The van der Waals surface area contributed by atoms with Crippen LogP contribution in [0.5, 0.6) is 0 Å². The molecule has 0 aromatic carbocycles. The van der Waals surface area contributed by atoms with Crippen molar-refractivity contribution in [2.45, 2.75) is 19.8 Å². The van der Waals surface area contributed by atoms with Crippen molar-refractivity contribution in [3.05, 3.63) is 0 Å². The second kappa shape index (κ2) is 5.70. The van der Waals surface area contributed by atoms with Crippen LogP contribution in [0.3, 0.4) is 0 Å². The lowest BCUT2D eigenvalue weighted by molar-refractivity contribution is -0.125. The third-order valence-corrected chi connectivity index (χ3v) is 2.43. The maximum Gasteiger partial charge on any atom is 0.327 e. The normalized spacial score (nSPS) is 16.7. The Morgan fingerprint density at radius 3 is 2.67 bits per heavy atom. The molecule has 0 saturated carbocycles. The van der Waals surface area contributed by atoms with Crippen molar-refractivity contribution in [3.8, 4) is 0 Å². The van der Waals surface area contributed by atoms with Crippen LogP contribution in [-0.4, -0.2) is 55.1 Å². The van der Waals surface area contributed by atoms with Gasteiger partial charge in [-0.1, -0.05) is 13.3 Å². The van der Waals surface area contributed by atoms with E-state index in [1.54, 1.807) is 7.11 Å². The fourth-order valence-corrected chi connectivity index (χ4v) is 1.51. The van der Waals surface area contributed by atoms with Gasteiger partial charge in [0.05, 0.1) is 6.61 Å². The van der Waals surface area contributed by atoms with Crippen LogP contribution in [0.2, 0.25) is 0 Å². The molecule has 15 heavy (non-hydrogen) atoms. The van der Waals surface area contributed by atoms with Gasteiger partial charge in [-0.25, -0.2) is 4.79 Å². The number of amides is 3. The third kappa shape index (κ3) is 2.92. The number of imide groups is 1. The molecule has 3 amide bonds. The molecule has 0 bridgehead atoms. The Kier molecular flexibility index (Phi) is 4.55. The van der Waals surface area contributed by atoms with Gasteiger partial charge in [0.2, 0.25) is 5.91 Å². The maximum absolute atomic E-state index is 11.7. The summed E-state index contributed by atoms with van der Waals surface area (Å²) in [5.74, 6) is -0.0930. The number of methoxy groups -OCH3 is 1. The van der Waals surface area contributed by atoms with Crippen LogP contribution in [0, 0.1) is 0 Å². The molecular formula is C10H18N2O3. The molecule has 5 nitrogen and oxygen atoms in total. The first kappa shape index (κ1) is 12.0. The molecule has 86 valence electrons. The topological polar surface area (TPSA) is 49.9 Å². The first-order valence-electron chi connectivity index (χ1n) is 5.29. The average molecular weight is 214 g/mol. The van der Waals surface area contributed by atoms with E-state index >= 15 is 0 Å². The van der Waals surface area contributed by atoms with E-state index in [0.717, 1.165) is 12.8 Å². The Morgan fingerprint density at radius 1 is 1.33 bits per heavy atom. The van der Waals surface area contributed by atoms with Gasteiger partial charge in [-0.3, -0.25) is 9.69 Å². The number of nitrogens with zero attached hydrogens (tertiary/aromatic N) is 2. The molecule has 1 heterocycles. The van der Waals surface area contributed by atoms with E-state index in [4.69, 9.17) is 4.74 Å². The van der Waals surface area contributed by atoms with Gasteiger partial charge in [0.25, 0.3) is 0 Å². The minimum atomic E-state index is -0.175. The number of hydrogen-bond donors (Lipinski definition) is 0. The van der Waals surface area contributed by atoms with Crippen LogP contribution in [0.15, 0.2) is 0 Å². The zero-order valence-corrected chi connectivity index (χ0v) is 9.36. The maximum atomic E-state index is 11.7. The first-order chi connectivity index (χ1) is 7.20. The number of carbonyl (C=O) groups excluding carboxylic acids is 2. The van der Waals surface area contributed by atoms with E-state index in [-0.39, 0.29) is 18.5 Å². The molecule has 0 aliphatic carbocycles. The summed E-state index contributed by atoms with van der Waals surface area (Å²) >= 11 is 0. The zero-order chi connectivity index (χ0) is 11.3. The molecule has 0 unspecified atom stereocenters. The lowest BCUT2D eigenvalue weighted by atomic mass is 10.3. The summed E-state index contributed by atoms with van der Waals surface area (Å²) < 4.78 is 4.88. The van der Waals surface area contributed by atoms with Crippen molar-refractivity contribution in [2.24, 2.45) is 0 Å². The minimum Gasteiger partial charge on any atom is -0.383 e. The fraction of sp³-hybridized carbons (Fsp3) is 0.800. The Balaban J connectivity index is 2.46. The van der Waals surface area contributed by atoms with Gasteiger partial charge in [0.1, 0.15) is 6.54 Å². The fourth-order valence-electron chi connectivity index (χ4n) is 1.51. The Labute approximate surface area is 90.0 Å². The van der Waals surface area contributed by atoms with Gasteiger partial charge in [-0.05, 0) is 6.42 Å². The predicted octanol–water partition coefficient (Wildman–Crippen LogP) is 0.697. The second-order valence-electron chi connectivity index (χ2n) is 3.60. The van der Waals surface area contributed by atoms with Crippen LogP contribution in [-0.2, 0) is 9.53 Å². The van der Waals surface area contributed by atoms with E-state index in [1.165, 1.54) is 9.80 Å². The minimum absolute atomic E-state index is 0.0930. The molecule has 5 heteroatoms. The van der Waals surface area contributed by atoms with E-state index in [1.807, 2.05) is 6.92 Å². The average Bonchev–Trinajstić information content (AvgIpc) is 2.49. The van der Waals surface area contributed by atoms with Crippen LogP contribution in [0.1, 0.15) is 19.8 Å². The SMILES string of the molecule is CCCCN1C(=O)CN(CCOC)C1=O. The Hall–Kier alpha value is -1.10. The standard InChI is InChI=1S/C10H18N2O3/c1-3-4-5-12-9(13)8-11(10(12)14)6-7-15-2/h3-8H2,1-2H3. The summed E-state index contributed by atoms with van der Waals surface area (Å²) in [6.07, 6.45) is 1.85. The summed E-state index contributed by atoms with van der Waals surface area (Å²) in [5.41, 5.74) is 0. The molecule has 0 radical (unpaired) electrons. The highest BCUT2D eigenvalue weighted by Gasteiger charge is 2.34. The second-order valence-corrected chi connectivity index (χ2v) is 3.60. The molecular weight excluding hydrogens is 196 g/mol. The van der Waals surface area contributed by atoms with Crippen molar-refractivity contribution >= 4 is 11.9 Å². The van der Waals surface area contributed by atoms with E-state index < -0.39 is 0 Å². The molecule has 1 aliphatic rings. The van der Waals surface area contributed by atoms with Crippen LogP contribution in [0.25, 0.3) is 0 Å². The number of carbonyl (C=O) groups is 2. The van der Waals surface area contributed by atoms with Crippen LogP contribution < -0.4 is 0 Å². The molecule has 0 aromatic heterocycles. The third-order valence-electron chi connectivity index (χ3n) is 2.43. The van der Waals surface area contributed by atoms with Gasteiger partial charge in [-0.15, -0.1) is 0 Å². The van der Waals surface area contributed by atoms with Crippen LogP contribution >= 0.6 is 0 Å². The molecule has 1 rings (SSSR count). The summed E-state index contributed by atoms with van der Waals surface area (Å²) in [4.78, 5) is 26.1. The first-order valence-corrected chi connectivity index (χ1v) is 5.29. The number of rotatable bonds is 6. The number of ether oxygens (including phenoxy) is 1. The molecule has 1 saturated heterocycles. The molecule has 1 fully saturated rings. The largest absolute Gasteiger partial charge is 0.383 e. The number of unbranched alkanes of at least 4 members (excludes halogenated alkanes) is 1. The van der Waals surface area contributed by atoms with Gasteiger partial charge in [0.15, 0.2) is 0 Å². The predicted molar refractivity (Wildman–Crippen MR) is 55.5 cm³/mol. The van der Waals surface area contributed by atoms with E-state index in [0.29, 0.717) is 19.7 Å². The number of urea groups is 1. The monoisotopic (exact) mass is 214 g/mol. The lowest BCUT2D eigenvalue weighted by Crippen LogP contribution is -2.35. The van der Waals surface area contributed by atoms with Gasteiger partial charge < -0.3 is 9.64 Å². The molecule has 0 N–H and O–H groups in total. The van der Waals surface area contributed by atoms with Crippen molar-refractivity contribution in [1.82, 2.24) is 9.80 Å². The summed E-state index contributed by atoms with van der Waals surface area (Å²) in [6.45, 7) is 3.74. The van der Waals surface area contributed by atoms with Crippen LogP contribution in [0.4, 0.5) is 4.79 Å². The van der Waals surface area contributed by atoms with Gasteiger partial charge in [0, 0.05) is 20.2 Å². The molecule has 0 aromatic rings. The summed E-state index contributed by atoms with van der Waals surface area (Å²) in [7, 11) is 1.58. The highest BCUT2D eigenvalue weighted by Crippen LogP contribution is 2.10. The van der Waals surface area contributed by atoms with Gasteiger partial charge in [-0.2, -0.15) is 0 Å². The summed E-state index contributed by atoms with van der Waals surface area (Å²) in [6, 6.07) is -0.175. The molecule has 1 aliphatic heterocycles. The van der Waals surface area contributed by atoms with Crippen molar-refractivity contribution in [2.75, 3.05) is 33.4 Å². The van der Waals surface area contributed by atoms with Crippen molar-refractivity contribution < 1.29 is 14.3 Å². The quantitative estimate of drug-likeness (QED) is 0.611. The molecule has 0 spiro atoms. The number of hydrogen-bond acceptors (Lipinski definition) is 3. The highest BCUT2D eigenvalue weighted by molar-refractivity contribution is 6.01. The van der Waals surface area contributed by atoms with E-state index in [2.05, 4.69) is 0 Å². The molecule has 0 atom stereocenters. The smallest absolute Gasteiger partial charge is 0.327 e.